The van der Waals surface area contributed by atoms with Gasteiger partial charge in [-0.05, 0) is 44.9 Å². The van der Waals surface area contributed by atoms with Gasteiger partial charge in [-0.2, -0.15) is 0 Å². The van der Waals surface area contributed by atoms with Crippen molar-refractivity contribution in [1.29, 1.82) is 0 Å². The number of rotatable bonds is 6. The van der Waals surface area contributed by atoms with E-state index in [-0.39, 0.29) is 11.9 Å². The molecule has 3 atom stereocenters. The maximum atomic E-state index is 14.0. The Hall–Kier alpha value is -0.640. The molecule has 1 aliphatic rings. The molecule has 0 radical (unpaired) electrons. The van der Waals surface area contributed by atoms with Crippen LogP contribution in [0.15, 0.2) is 18.2 Å². The summed E-state index contributed by atoms with van der Waals surface area (Å²) >= 11 is 6.14. The number of benzene rings is 1. The van der Waals surface area contributed by atoms with Gasteiger partial charge >= 0.3 is 0 Å². The average molecular weight is 300 g/mol. The topological polar surface area (TPSA) is 21.3 Å². The third kappa shape index (κ3) is 3.94. The van der Waals surface area contributed by atoms with Gasteiger partial charge in [0.1, 0.15) is 5.82 Å². The SMILES string of the molecule is CCCNC(Cc1c(F)cccc1Cl)C1COC(C)C1. The molecule has 0 saturated carbocycles. The summed E-state index contributed by atoms with van der Waals surface area (Å²) in [6.45, 7) is 5.90. The highest BCUT2D eigenvalue weighted by Crippen LogP contribution is 2.27. The molecule has 2 rings (SSSR count). The summed E-state index contributed by atoms with van der Waals surface area (Å²) in [6.07, 6.45) is 2.99. The fourth-order valence-electron chi connectivity index (χ4n) is 2.81. The van der Waals surface area contributed by atoms with Crippen LogP contribution in [-0.2, 0) is 11.2 Å². The molecule has 112 valence electrons. The van der Waals surface area contributed by atoms with Crippen molar-refractivity contribution >= 4 is 11.6 Å². The largest absolute Gasteiger partial charge is 0.378 e. The Morgan fingerprint density at radius 1 is 1.50 bits per heavy atom. The van der Waals surface area contributed by atoms with E-state index >= 15 is 0 Å². The molecule has 1 N–H and O–H groups in total. The van der Waals surface area contributed by atoms with Crippen LogP contribution in [0.4, 0.5) is 4.39 Å². The van der Waals surface area contributed by atoms with E-state index in [2.05, 4.69) is 19.2 Å². The second-order valence-electron chi connectivity index (χ2n) is 5.60. The molecule has 1 aliphatic heterocycles. The number of hydrogen-bond donors (Lipinski definition) is 1. The minimum atomic E-state index is -0.215. The fraction of sp³-hybridized carbons (Fsp3) is 0.625. The van der Waals surface area contributed by atoms with Gasteiger partial charge in [0.15, 0.2) is 0 Å². The van der Waals surface area contributed by atoms with Crippen LogP contribution in [0, 0.1) is 11.7 Å². The second-order valence-corrected chi connectivity index (χ2v) is 6.01. The van der Waals surface area contributed by atoms with Gasteiger partial charge < -0.3 is 10.1 Å². The van der Waals surface area contributed by atoms with Crippen LogP contribution < -0.4 is 5.32 Å². The van der Waals surface area contributed by atoms with Crippen LogP contribution >= 0.6 is 11.6 Å². The Kier molecular flexibility index (Phi) is 5.82. The monoisotopic (exact) mass is 299 g/mol. The van der Waals surface area contributed by atoms with Crippen LogP contribution in [0.25, 0.3) is 0 Å². The lowest BCUT2D eigenvalue weighted by atomic mass is 9.91. The smallest absolute Gasteiger partial charge is 0.127 e. The highest BCUT2D eigenvalue weighted by atomic mass is 35.5. The number of hydrogen-bond acceptors (Lipinski definition) is 2. The number of halogens is 2. The Bertz CT molecular complexity index is 420. The second kappa shape index (κ2) is 7.39. The van der Waals surface area contributed by atoms with E-state index in [1.54, 1.807) is 12.1 Å². The maximum absolute atomic E-state index is 14.0. The van der Waals surface area contributed by atoms with Crippen molar-refractivity contribution in [2.24, 2.45) is 5.92 Å². The molecule has 0 bridgehead atoms. The molecule has 3 unspecified atom stereocenters. The van der Waals surface area contributed by atoms with Crippen LogP contribution in [0.1, 0.15) is 32.3 Å². The molecular weight excluding hydrogens is 277 g/mol. The fourth-order valence-corrected chi connectivity index (χ4v) is 3.05. The summed E-state index contributed by atoms with van der Waals surface area (Å²) in [6, 6.07) is 5.10. The Balaban J connectivity index is 2.10. The zero-order chi connectivity index (χ0) is 14.5. The van der Waals surface area contributed by atoms with E-state index in [0.717, 1.165) is 26.0 Å². The summed E-state index contributed by atoms with van der Waals surface area (Å²) < 4.78 is 19.6. The molecule has 4 heteroatoms. The molecule has 1 saturated heterocycles. The van der Waals surface area contributed by atoms with Crippen molar-refractivity contribution in [3.8, 4) is 0 Å². The van der Waals surface area contributed by atoms with Crippen molar-refractivity contribution in [1.82, 2.24) is 5.32 Å². The van der Waals surface area contributed by atoms with Crippen LogP contribution in [-0.4, -0.2) is 25.3 Å². The quantitative estimate of drug-likeness (QED) is 0.862. The normalized spacial score (nSPS) is 24.0. The molecule has 2 nitrogen and oxygen atoms in total. The standard InChI is InChI=1S/C16H23ClFNO/c1-3-7-19-16(12-8-11(2)20-10-12)9-13-14(17)5-4-6-15(13)18/h4-6,11-12,16,19H,3,7-10H2,1-2H3. The first-order valence-electron chi connectivity index (χ1n) is 7.39. The first-order valence-corrected chi connectivity index (χ1v) is 7.77. The molecule has 1 aromatic rings. The molecule has 0 aromatic heterocycles. The minimum absolute atomic E-state index is 0.215. The summed E-state index contributed by atoms with van der Waals surface area (Å²) in [5.41, 5.74) is 0.613. The summed E-state index contributed by atoms with van der Waals surface area (Å²) in [4.78, 5) is 0. The Morgan fingerprint density at radius 2 is 2.30 bits per heavy atom. The maximum Gasteiger partial charge on any atom is 0.127 e. The zero-order valence-corrected chi connectivity index (χ0v) is 12.9. The molecule has 1 aromatic carbocycles. The molecule has 1 fully saturated rings. The van der Waals surface area contributed by atoms with Crippen molar-refractivity contribution in [3.05, 3.63) is 34.6 Å². The van der Waals surface area contributed by atoms with Crippen molar-refractivity contribution in [2.45, 2.75) is 45.3 Å². The summed E-state index contributed by atoms with van der Waals surface area (Å²) in [5, 5.41) is 4.04. The number of nitrogens with one attached hydrogen (secondary N) is 1. The van der Waals surface area contributed by atoms with Crippen LogP contribution in [0.2, 0.25) is 5.02 Å². The lowest BCUT2D eigenvalue weighted by Crippen LogP contribution is -2.39. The van der Waals surface area contributed by atoms with E-state index in [9.17, 15) is 4.39 Å². The predicted molar refractivity (Wildman–Crippen MR) is 80.7 cm³/mol. The molecule has 1 heterocycles. The third-order valence-corrected chi connectivity index (χ3v) is 4.29. The Labute approximate surface area is 125 Å². The first-order chi connectivity index (χ1) is 9.61. The molecule has 0 aliphatic carbocycles. The lowest BCUT2D eigenvalue weighted by molar-refractivity contribution is 0.116. The van der Waals surface area contributed by atoms with Crippen LogP contribution in [0.3, 0.4) is 0 Å². The average Bonchev–Trinajstić information content (AvgIpc) is 2.84. The predicted octanol–water partition coefficient (Wildman–Crippen LogP) is 3.81. The van der Waals surface area contributed by atoms with E-state index in [1.165, 1.54) is 6.07 Å². The van der Waals surface area contributed by atoms with Gasteiger partial charge in [-0.3, -0.25) is 0 Å². The molecule has 0 amide bonds. The zero-order valence-electron chi connectivity index (χ0n) is 12.2. The van der Waals surface area contributed by atoms with Gasteiger partial charge in [-0.25, -0.2) is 4.39 Å². The van der Waals surface area contributed by atoms with Crippen molar-refractivity contribution in [2.75, 3.05) is 13.2 Å². The van der Waals surface area contributed by atoms with Gasteiger partial charge in [0.2, 0.25) is 0 Å². The van der Waals surface area contributed by atoms with Gasteiger partial charge in [0.05, 0.1) is 12.7 Å². The van der Waals surface area contributed by atoms with Crippen LogP contribution in [0.5, 0.6) is 0 Å². The first kappa shape index (κ1) is 15.7. The van der Waals surface area contributed by atoms with E-state index < -0.39 is 0 Å². The van der Waals surface area contributed by atoms with Crippen molar-refractivity contribution < 1.29 is 9.13 Å². The van der Waals surface area contributed by atoms with E-state index in [1.807, 2.05) is 0 Å². The molecular formula is C16H23ClFNO. The van der Waals surface area contributed by atoms with Gasteiger partial charge in [-0.15, -0.1) is 0 Å². The summed E-state index contributed by atoms with van der Waals surface area (Å²) in [5.74, 6) is 0.208. The van der Waals surface area contributed by atoms with E-state index in [4.69, 9.17) is 16.3 Å². The highest BCUT2D eigenvalue weighted by Gasteiger charge is 2.30. The van der Waals surface area contributed by atoms with Gasteiger partial charge in [-0.1, -0.05) is 24.6 Å². The highest BCUT2D eigenvalue weighted by molar-refractivity contribution is 6.31. The van der Waals surface area contributed by atoms with Gasteiger partial charge in [0.25, 0.3) is 0 Å². The van der Waals surface area contributed by atoms with Crippen molar-refractivity contribution in [3.63, 3.8) is 0 Å². The van der Waals surface area contributed by atoms with Gasteiger partial charge in [0, 0.05) is 22.5 Å². The number of ether oxygens (including phenoxy) is 1. The lowest BCUT2D eigenvalue weighted by Gasteiger charge is -2.24. The minimum Gasteiger partial charge on any atom is -0.378 e. The molecule has 0 spiro atoms. The van der Waals surface area contributed by atoms with E-state index in [0.29, 0.717) is 29.0 Å². The third-order valence-electron chi connectivity index (χ3n) is 3.94. The molecule has 20 heavy (non-hydrogen) atoms. The Morgan fingerprint density at radius 3 is 2.90 bits per heavy atom. The summed E-state index contributed by atoms with van der Waals surface area (Å²) in [7, 11) is 0.